The third-order valence-corrected chi connectivity index (χ3v) is 1.74. The molecule has 0 aliphatic carbocycles. The zero-order valence-electron chi connectivity index (χ0n) is 6.57. The highest BCUT2D eigenvalue weighted by Gasteiger charge is 2.04. The van der Waals surface area contributed by atoms with Crippen LogP contribution in [0.3, 0.4) is 0 Å². The minimum atomic E-state index is 0.786. The summed E-state index contributed by atoms with van der Waals surface area (Å²) < 4.78 is 0. The van der Waals surface area contributed by atoms with Crippen LogP contribution in [0.4, 0.5) is 0 Å². The number of hydrogen-bond donors (Lipinski definition) is 0. The minimum absolute atomic E-state index is 0.786. The van der Waals surface area contributed by atoms with Gasteiger partial charge >= 0.3 is 0 Å². The Morgan fingerprint density at radius 3 is 2.36 bits per heavy atom. The highest BCUT2D eigenvalue weighted by atomic mass is 16.1. The van der Waals surface area contributed by atoms with E-state index in [0.717, 1.165) is 19.4 Å². The van der Waals surface area contributed by atoms with E-state index in [1.54, 1.807) is 6.08 Å². The van der Waals surface area contributed by atoms with E-state index >= 15 is 0 Å². The van der Waals surface area contributed by atoms with Gasteiger partial charge in [0.1, 0.15) is 6.29 Å². The zero-order chi connectivity index (χ0) is 7.94. The Balaban J connectivity index is 2.22. The first-order valence-electron chi connectivity index (χ1n) is 3.96. The predicted octanol–water partition coefficient (Wildman–Crippen LogP) is 1.35. The van der Waals surface area contributed by atoms with Crippen molar-refractivity contribution in [3.05, 3.63) is 24.4 Å². The summed E-state index contributed by atoms with van der Waals surface area (Å²) in [5.41, 5.74) is 0. The molecule has 0 radical (unpaired) electrons. The molecule has 2 nitrogen and oxygen atoms in total. The molecule has 2 heteroatoms. The molecule has 0 unspecified atom stereocenters. The number of aldehydes is 1. The van der Waals surface area contributed by atoms with Gasteiger partial charge in [0.2, 0.25) is 0 Å². The average Bonchev–Trinajstić information content (AvgIpc) is 2.50. The maximum Gasteiger partial charge on any atom is 0.142 e. The Labute approximate surface area is 67.2 Å². The maximum absolute atomic E-state index is 9.87. The molecule has 0 bridgehead atoms. The lowest BCUT2D eigenvalue weighted by Gasteiger charge is -2.08. The van der Waals surface area contributed by atoms with Crippen LogP contribution in [0.2, 0.25) is 0 Å². The van der Waals surface area contributed by atoms with Crippen LogP contribution < -0.4 is 0 Å². The molecular formula is C9H13NO. The van der Waals surface area contributed by atoms with E-state index in [2.05, 4.69) is 4.90 Å². The molecule has 0 aromatic rings. The number of rotatable bonds is 3. The van der Waals surface area contributed by atoms with Gasteiger partial charge < -0.3 is 4.90 Å². The lowest BCUT2D eigenvalue weighted by molar-refractivity contribution is -0.104. The molecule has 0 aromatic carbocycles. The molecule has 1 rings (SSSR count). The van der Waals surface area contributed by atoms with Gasteiger partial charge in [0.25, 0.3) is 0 Å². The van der Waals surface area contributed by atoms with Gasteiger partial charge in [0, 0.05) is 13.1 Å². The quantitative estimate of drug-likeness (QED) is 0.345. The highest BCUT2D eigenvalue weighted by Crippen LogP contribution is 2.06. The summed E-state index contributed by atoms with van der Waals surface area (Å²) in [5, 5.41) is 0. The fraction of sp³-hybridized carbons (Fsp3) is 0.444. The second-order valence-electron chi connectivity index (χ2n) is 2.61. The zero-order valence-corrected chi connectivity index (χ0v) is 6.57. The van der Waals surface area contributed by atoms with Crippen molar-refractivity contribution in [3.8, 4) is 0 Å². The van der Waals surface area contributed by atoms with E-state index in [9.17, 15) is 4.79 Å². The number of allylic oxidation sites excluding steroid dienone is 3. The van der Waals surface area contributed by atoms with Crippen molar-refractivity contribution in [2.45, 2.75) is 12.8 Å². The summed E-state index contributed by atoms with van der Waals surface area (Å²) in [6.07, 6.45) is 10.6. The van der Waals surface area contributed by atoms with Crippen LogP contribution in [-0.2, 0) is 4.79 Å². The third-order valence-electron chi connectivity index (χ3n) is 1.74. The van der Waals surface area contributed by atoms with Gasteiger partial charge in [-0.25, -0.2) is 0 Å². The predicted molar refractivity (Wildman–Crippen MR) is 45.2 cm³/mol. The monoisotopic (exact) mass is 151 g/mol. The summed E-state index contributed by atoms with van der Waals surface area (Å²) in [6, 6.07) is 0. The molecule has 1 aliphatic heterocycles. The first-order chi connectivity index (χ1) is 5.43. The fourth-order valence-corrected chi connectivity index (χ4v) is 1.17. The Hall–Kier alpha value is -1.05. The number of hydrogen-bond acceptors (Lipinski definition) is 2. The number of likely N-dealkylation sites (tertiary alicyclic amines) is 1. The first kappa shape index (κ1) is 8.05. The Morgan fingerprint density at radius 1 is 1.00 bits per heavy atom. The van der Waals surface area contributed by atoms with E-state index in [4.69, 9.17) is 0 Å². The molecule has 0 saturated carbocycles. The van der Waals surface area contributed by atoms with Crippen LogP contribution in [0, 0.1) is 0 Å². The molecule has 0 amide bonds. The van der Waals surface area contributed by atoms with Crippen LogP contribution in [0.5, 0.6) is 0 Å². The minimum Gasteiger partial charge on any atom is -0.377 e. The van der Waals surface area contributed by atoms with Gasteiger partial charge in [-0.1, -0.05) is 6.08 Å². The van der Waals surface area contributed by atoms with E-state index in [1.165, 1.54) is 18.9 Å². The Kier molecular flexibility index (Phi) is 3.45. The Morgan fingerprint density at radius 2 is 1.73 bits per heavy atom. The van der Waals surface area contributed by atoms with Crippen molar-refractivity contribution in [1.82, 2.24) is 4.90 Å². The van der Waals surface area contributed by atoms with Crippen LogP contribution >= 0.6 is 0 Å². The highest BCUT2D eigenvalue weighted by molar-refractivity contribution is 5.65. The van der Waals surface area contributed by atoms with Crippen molar-refractivity contribution in [2.24, 2.45) is 0 Å². The standard InChI is InChI=1S/C9H13NO/c11-9-5-1-2-6-10-7-3-4-8-10/h1-2,5-6,9H,3-4,7-8H2. The number of carbonyl (C=O) groups excluding carboxylic acids is 1. The van der Waals surface area contributed by atoms with Gasteiger partial charge in [-0.2, -0.15) is 0 Å². The lowest BCUT2D eigenvalue weighted by atomic mass is 10.4. The van der Waals surface area contributed by atoms with E-state index in [-0.39, 0.29) is 0 Å². The molecule has 0 aromatic heterocycles. The topological polar surface area (TPSA) is 20.3 Å². The molecular weight excluding hydrogens is 138 g/mol. The average molecular weight is 151 g/mol. The van der Waals surface area contributed by atoms with Crippen LogP contribution in [-0.4, -0.2) is 24.3 Å². The largest absolute Gasteiger partial charge is 0.377 e. The normalized spacial score (nSPS) is 18.7. The van der Waals surface area contributed by atoms with E-state index in [1.807, 2.05) is 12.3 Å². The van der Waals surface area contributed by atoms with Crippen molar-refractivity contribution in [1.29, 1.82) is 0 Å². The molecule has 1 fully saturated rings. The van der Waals surface area contributed by atoms with Crippen molar-refractivity contribution in [2.75, 3.05) is 13.1 Å². The molecule has 60 valence electrons. The van der Waals surface area contributed by atoms with Gasteiger partial charge in [-0.15, -0.1) is 0 Å². The smallest absolute Gasteiger partial charge is 0.142 e. The third kappa shape index (κ3) is 3.03. The number of nitrogens with zero attached hydrogens (tertiary/aromatic N) is 1. The molecule has 1 saturated heterocycles. The van der Waals surface area contributed by atoms with Crippen LogP contribution in [0.1, 0.15) is 12.8 Å². The lowest BCUT2D eigenvalue weighted by Crippen LogP contribution is -2.09. The molecule has 11 heavy (non-hydrogen) atoms. The molecule has 0 N–H and O–H groups in total. The van der Waals surface area contributed by atoms with Crippen molar-refractivity contribution >= 4 is 6.29 Å². The van der Waals surface area contributed by atoms with Crippen molar-refractivity contribution in [3.63, 3.8) is 0 Å². The summed E-state index contributed by atoms with van der Waals surface area (Å²) in [6.45, 7) is 2.32. The summed E-state index contributed by atoms with van der Waals surface area (Å²) in [5.74, 6) is 0. The summed E-state index contributed by atoms with van der Waals surface area (Å²) in [4.78, 5) is 12.1. The fourth-order valence-electron chi connectivity index (χ4n) is 1.17. The van der Waals surface area contributed by atoms with Crippen LogP contribution in [0.15, 0.2) is 24.4 Å². The van der Waals surface area contributed by atoms with E-state index in [0.29, 0.717) is 0 Å². The number of carbonyl (C=O) groups is 1. The molecule has 0 spiro atoms. The van der Waals surface area contributed by atoms with Gasteiger partial charge in [0.15, 0.2) is 0 Å². The van der Waals surface area contributed by atoms with Crippen LogP contribution in [0.25, 0.3) is 0 Å². The molecule has 1 aliphatic rings. The second kappa shape index (κ2) is 4.72. The summed E-state index contributed by atoms with van der Waals surface area (Å²) in [7, 11) is 0. The Bertz CT molecular complexity index is 166. The van der Waals surface area contributed by atoms with E-state index < -0.39 is 0 Å². The van der Waals surface area contributed by atoms with Gasteiger partial charge in [0.05, 0.1) is 0 Å². The molecule has 1 heterocycles. The summed E-state index contributed by atoms with van der Waals surface area (Å²) >= 11 is 0. The molecule has 0 atom stereocenters. The first-order valence-corrected chi connectivity index (χ1v) is 3.96. The van der Waals surface area contributed by atoms with Gasteiger partial charge in [-0.05, 0) is 31.2 Å². The second-order valence-corrected chi connectivity index (χ2v) is 2.61. The van der Waals surface area contributed by atoms with Crippen molar-refractivity contribution < 1.29 is 4.79 Å². The maximum atomic E-state index is 9.87. The SMILES string of the molecule is O=CC=CC=CN1CCCC1. The van der Waals surface area contributed by atoms with Gasteiger partial charge in [-0.3, -0.25) is 4.79 Å².